The van der Waals surface area contributed by atoms with E-state index in [0.717, 1.165) is 44.0 Å². The molecular weight excluding hydrogens is 521 g/mol. The van der Waals surface area contributed by atoms with Crippen molar-refractivity contribution in [1.82, 2.24) is 24.6 Å². The zero-order valence-corrected chi connectivity index (χ0v) is 22.5. The number of aliphatic hydroxyl groups is 1. The first-order valence-corrected chi connectivity index (χ1v) is 13.0. The predicted octanol–water partition coefficient (Wildman–Crippen LogP) is 4.71. The number of likely N-dealkylation sites (tertiary alicyclic amines) is 1. The Morgan fingerprint density at radius 2 is 1.97 bits per heavy atom. The molecule has 0 radical (unpaired) electrons. The van der Waals surface area contributed by atoms with E-state index in [2.05, 4.69) is 26.0 Å². The van der Waals surface area contributed by atoms with Gasteiger partial charge in [-0.3, -0.25) is 4.90 Å². The Bertz CT molecular complexity index is 1250. The number of rotatable bonds is 5. The third kappa shape index (κ3) is 5.13. The SMILES string of the molecule is CC(c1ccc(Cl)cc1Cl)n1nc(C#N)c2ncc(N3CC[C@H](N4CCCCC4)[C@H](CO)C3)nc21.Cl. The van der Waals surface area contributed by atoms with Gasteiger partial charge in [0, 0.05) is 41.7 Å². The number of halogens is 3. The number of aromatic nitrogens is 4. The largest absolute Gasteiger partial charge is 0.396 e. The van der Waals surface area contributed by atoms with Crippen LogP contribution in [0.2, 0.25) is 10.0 Å². The summed E-state index contributed by atoms with van der Waals surface area (Å²) < 4.78 is 1.71. The van der Waals surface area contributed by atoms with Crippen LogP contribution in [0.1, 0.15) is 49.9 Å². The molecule has 2 fully saturated rings. The van der Waals surface area contributed by atoms with Gasteiger partial charge in [0.2, 0.25) is 0 Å². The number of hydrogen-bond acceptors (Lipinski definition) is 7. The second kappa shape index (κ2) is 11.5. The average Bonchev–Trinajstić information content (AvgIpc) is 3.26. The van der Waals surface area contributed by atoms with Crippen LogP contribution in [0, 0.1) is 17.2 Å². The van der Waals surface area contributed by atoms with Crippen molar-refractivity contribution in [1.29, 1.82) is 5.26 Å². The van der Waals surface area contributed by atoms with Gasteiger partial charge in [0.25, 0.3) is 0 Å². The molecule has 1 aromatic carbocycles. The molecule has 2 aliphatic heterocycles. The van der Waals surface area contributed by atoms with Crippen molar-refractivity contribution in [3.63, 3.8) is 0 Å². The van der Waals surface area contributed by atoms with Crippen molar-refractivity contribution >= 4 is 52.6 Å². The van der Waals surface area contributed by atoms with Crippen LogP contribution in [0.25, 0.3) is 11.2 Å². The molecule has 0 spiro atoms. The molecule has 0 bridgehead atoms. The van der Waals surface area contributed by atoms with Gasteiger partial charge < -0.3 is 10.0 Å². The molecule has 8 nitrogen and oxygen atoms in total. The highest BCUT2D eigenvalue weighted by Crippen LogP contribution is 2.32. The Kier molecular flexibility index (Phi) is 8.59. The molecule has 2 aliphatic rings. The molecule has 0 aliphatic carbocycles. The highest BCUT2D eigenvalue weighted by Gasteiger charge is 2.34. The molecule has 11 heteroatoms. The third-order valence-electron chi connectivity index (χ3n) is 7.39. The zero-order chi connectivity index (χ0) is 24.5. The number of nitrogens with zero attached hydrogens (tertiary/aromatic N) is 7. The lowest BCUT2D eigenvalue weighted by molar-refractivity contribution is 0.0676. The standard InChI is InChI=1S/C25H29Cl2N7O.ClH/c1-16(19-6-5-18(26)11-20(19)27)34-25-24(21(12-28)31-34)29-13-23(30-25)33-10-7-22(17(14-33)15-35)32-8-3-2-4-9-32;/h5-6,11,13,16-17,22,35H,2-4,7-10,14-15H2,1H3;1H/t16?,17-,22-;/m0./s1. The quantitative estimate of drug-likeness (QED) is 0.492. The second-order valence-corrected chi connectivity index (χ2v) is 10.3. The molecule has 4 heterocycles. The number of nitriles is 1. The third-order valence-corrected chi connectivity index (χ3v) is 7.95. The molecule has 0 saturated carbocycles. The van der Waals surface area contributed by atoms with Crippen LogP contribution in [0.4, 0.5) is 5.82 Å². The second-order valence-electron chi connectivity index (χ2n) is 9.49. The van der Waals surface area contributed by atoms with Crippen LogP contribution in [-0.2, 0) is 0 Å². The highest BCUT2D eigenvalue weighted by atomic mass is 35.5. The fourth-order valence-electron chi connectivity index (χ4n) is 5.51. The van der Waals surface area contributed by atoms with Gasteiger partial charge in [-0.25, -0.2) is 14.6 Å². The van der Waals surface area contributed by atoms with Crippen molar-refractivity contribution < 1.29 is 5.11 Å². The minimum Gasteiger partial charge on any atom is -0.396 e. The number of hydrogen-bond donors (Lipinski definition) is 1. The Hall–Kier alpha value is -2.15. The number of anilines is 1. The monoisotopic (exact) mass is 549 g/mol. The number of piperidine rings is 2. The van der Waals surface area contributed by atoms with E-state index in [1.54, 1.807) is 23.0 Å². The maximum Gasteiger partial charge on any atom is 0.190 e. The van der Waals surface area contributed by atoms with E-state index in [4.69, 9.17) is 28.2 Å². The lowest BCUT2D eigenvalue weighted by Gasteiger charge is -2.45. The molecule has 3 atom stereocenters. The molecule has 2 saturated heterocycles. The summed E-state index contributed by atoms with van der Waals surface area (Å²) >= 11 is 12.5. The summed E-state index contributed by atoms with van der Waals surface area (Å²) in [6.45, 7) is 5.91. The molecule has 1 unspecified atom stereocenters. The molecule has 3 aromatic rings. The smallest absolute Gasteiger partial charge is 0.190 e. The lowest BCUT2D eigenvalue weighted by Crippen LogP contribution is -2.53. The van der Waals surface area contributed by atoms with Crippen LogP contribution in [-0.4, -0.2) is 68.6 Å². The summed E-state index contributed by atoms with van der Waals surface area (Å²) in [5.41, 5.74) is 2.07. The van der Waals surface area contributed by atoms with Crippen LogP contribution >= 0.6 is 35.6 Å². The number of fused-ring (bicyclic) bond motifs is 1. The Labute approximate surface area is 227 Å². The first-order valence-electron chi connectivity index (χ1n) is 12.2. The van der Waals surface area contributed by atoms with Gasteiger partial charge in [0.15, 0.2) is 11.3 Å². The van der Waals surface area contributed by atoms with E-state index in [1.807, 2.05) is 13.0 Å². The zero-order valence-electron chi connectivity index (χ0n) is 20.1. The summed E-state index contributed by atoms with van der Waals surface area (Å²) in [4.78, 5) is 14.2. The summed E-state index contributed by atoms with van der Waals surface area (Å²) in [6.07, 6.45) is 6.46. The van der Waals surface area contributed by atoms with Gasteiger partial charge in [-0.2, -0.15) is 10.4 Å². The molecule has 0 amide bonds. The normalized spacial score (nSPS) is 21.7. The highest BCUT2D eigenvalue weighted by molar-refractivity contribution is 6.35. The molecular formula is C25H30Cl3N7O. The van der Waals surface area contributed by atoms with E-state index in [0.29, 0.717) is 27.3 Å². The molecule has 2 aromatic heterocycles. The Balaban J connectivity index is 0.00000304. The molecule has 36 heavy (non-hydrogen) atoms. The Morgan fingerprint density at radius 3 is 2.67 bits per heavy atom. The first kappa shape index (κ1) is 26.9. The van der Waals surface area contributed by atoms with Crippen LogP contribution in [0.3, 0.4) is 0 Å². The summed E-state index contributed by atoms with van der Waals surface area (Å²) in [5, 5.41) is 25.4. The minimum atomic E-state index is -0.274. The molecule has 192 valence electrons. The lowest BCUT2D eigenvalue weighted by atomic mass is 9.90. The van der Waals surface area contributed by atoms with Crippen molar-refractivity contribution in [2.45, 2.75) is 44.7 Å². The van der Waals surface area contributed by atoms with Crippen LogP contribution in [0.15, 0.2) is 24.4 Å². The van der Waals surface area contributed by atoms with Gasteiger partial charge in [-0.1, -0.05) is 35.7 Å². The van der Waals surface area contributed by atoms with Gasteiger partial charge in [0.05, 0.1) is 12.2 Å². The van der Waals surface area contributed by atoms with E-state index < -0.39 is 0 Å². The maximum absolute atomic E-state index is 10.2. The van der Waals surface area contributed by atoms with Crippen molar-refractivity contribution in [2.24, 2.45) is 5.92 Å². The maximum atomic E-state index is 10.2. The minimum absolute atomic E-state index is 0. The number of benzene rings is 1. The summed E-state index contributed by atoms with van der Waals surface area (Å²) in [5.74, 6) is 0.888. The molecule has 1 N–H and O–H groups in total. The predicted molar refractivity (Wildman–Crippen MR) is 144 cm³/mol. The fourth-order valence-corrected chi connectivity index (χ4v) is 6.07. The summed E-state index contributed by atoms with van der Waals surface area (Å²) in [6, 6.07) is 7.61. The van der Waals surface area contributed by atoms with Gasteiger partial charge >= 0.3 is 0 Å². The Morgan fingerprint density at radius 1 is 1.19 bits per heavy atom. The van der Waals surface area contributed by atoms with Gasteiger partial charge in [-0.05, 0) is 57.0 Å². The topological polar surface area (TPSA) is 94.1 Å². The summed E-state index contributed by atoms with van der Waals surface area (Å²) in [7, 11) is 0. The molecule has 5 rings (SSSR count). The van der Waals surface area contributed by atoms with E-state index in [9.17, 15) is 10.4 Å². The van der Waals surface area contributed by atoms with Gasteiger partial charge in [-0.15, -0.1) is 12.4 Å². The first-order chi connectivity index (χ1) is 17.0. The van der Waals surface area contributed by atoms with Crippen molar-refractivity contribution in [3.05, 3.63) is 45.7 Å². The van der Waals surface area contributed by atoms with E-state index in [1.165, 1.54) is 19.3 Å². The van der Waals surface area contributed by atoms with E-state index >= 15 is 0 Å². The van der Waals surface area contributed by atoms with E-state index in [-0.39, 0.29) is 36.7 Å². The van der Waals surface area contributed by atoms with Crippen LogP contribution < -0.4 is 4.90 Å². The fraction of sp³-hybridized carbons (Fsp3) is 0.520. The van der Waals surface area contributed by atoms with Crippen molar-refractivity contribution in [2.75, 3.05) is 37.7 Å². The van der Waals surface area contributed by atoms with Crippen LogP contribution in [0.5, 0.6) is 0 Å². The van der Waals surface area contributed by atoms with Gasteiger partial charge in [0.1, 0.15) is 17.4 Å². The van der Waals surface area contributed by atoms with Crippen molar-refractivity contribution in [3.8, 4) is 6.07 Å². The average molecular weight is 551 g/mol. The number of aliphatic hydroxyl groups excluding tert-OH is 1.